The predicted octanol–water partition coefficient (Wildman–Crippen LogP) is 12.4. The predicted molar refractivity (Wildman–Crippen MR) is 316 cm³/mol. The Morgan fingerprint density at radius 3 is 1.29 bits per heavy atom. The number of esters is 1. The van der Waals surface area contributed by atoms with E-state index >= 15 is 0 Å². The lowest BCUT2D eigenvalue weighted by atomic mass is 9.98. The van der Waals surface area contributed by atoms with Crippen molar-refractivity contribution in [2.75, 3.05) is 33.0 Å². The molecule has 0 spiro atoms. The highest BCUT2D eigenvalue weighted by atomic mass is 16.7. The molecule has 79 heavy (non-hydrogen) atoms. The van der Waals surface area contributed by atoms with Crippen LogP contribution in [0.2, 0.25) is 0 Å². The Hall–Kier alpha value is -2.31. The highest BCUT2D eigenvalue weighted by Crippen LogP contribution is 2.27. The van der Waals surface area contributed by atoms with Crippen molar-refractivity contribution in [1.82, 2.24) is 0 Å². The Balaban J connectivity index is 1.68. The molecule has 0 aliphatic carbocycles. The van der Waals surface area contributed by atoms with Crippen LogP contribution >= 0.6 is 0 Å². The van der Waals surface area contributed by atoms with Gasteiger partial charge in [0.1, 0.15) is 54.9 Å². The molecule has 0 aromatic heterocycles. The lowest BCUT2D eigenvalue weighted by Crippen LogP contribution is -2.61. The minimum atomic E-state index is -1.71. The van der Waals surface area contributed by atoms with E-state index in [1.165, 1.54) is 135 Å². The molecule has 0 saturated carbocycles. The van der Waals surface area contributed by atoms with Gasteiger partial charge in [-0.1, -0.05) is 242 Å². The van der Waals surface area contributed by atoms with Gasteiger partial charge >= 0.3 is 5.97 Å². The summed E-state index contributed by atoms with van der Waals surface area (Å²) in [6, 6.07) is 0. The molecule has 0 amide bonds. The molecule has 2 heterocycles. The molecule has 2 aliphatic heterocycles. The van der Waals surface area contributed by atoms with Crippen LogP contribution < -0.4 is 0 Å². The van der Waals surface area contributed by atoms with E-state index < -0.39 is 80.7 Å². The fourth-order valence-corrected chi connectivity index (χ4v) is 9.96. The number of ether oxygens (including phenoxy) is 6. The molecule has 0 bridgehead atoms. The Bertz CT molecular complexity index is 1540. The van der Waals surface area contributed by atoms with Crippen LogP contribution in [0.15, 0.2) is 60.8 Å². The standard InChI is InChI=1S/C65H116O14/c1-3-5-7-9-11-13-15-17-19-21-23-25-26-27-28-29-30-32-34-36-38-40-42-44-46-48-57(67)77-54(51-74-49-47-45-43-41-39-37-35-33-31-24-22-20-18-16-14-12-10-8-6-4-2)52-75-64-63(73)61(71)59(69)56(79-64)53-76-65-62(72)60(70)58(68)55(50-66)78-65/h6,8,12,14,18,20,24,31,35,37,54-56,58-66,68-73H,3-5,7,9-11,13,15-17,19,21-23,25-30,32-34,36,38-53H2,1-2H3/b8-6-,14-12-,20-18-,31-24-,37-35-. The van der Waals surface area contributed by atoms with E-state index in [9.17, 15) is 40.5 Å². The summed E-state index contributed by atoms with van der Waals surface area (Å²) < 4.78 is 34.4. The molecule has 2 rings (SSSR count). The van der Waals surface area contributed by atoms with Crippen molar-refractivity contribution in [3.05, 3.63) is 60.8 Å². The van der Waals surface area contributed by atoms with Crippen molar-refractivity contribution in [2.45, 2.75) is 313 Å². The van der Waals surface area contributed by atoms with Gasteiger partial charge in [0.25, 0.3) is 0 Å². The van der Waals surface area contributed by atoms with Gasteiger partial charge in [0.2, 0.25) is 0 Å². The number of hydrogen-bond acceptors (Lipinski definition) is 14. The van der Waals surface area contributed by atoms with Gasteiger partial charge in [0.05, 0.1) is 26.4 Å². The highest BCUT2D eigenvalue weighted by molar-refractivity contribution is 5.69. The average Bonchev–Trinajstić information content (AvgIpc) is 3.46. The third-order valence-corrected chi connectivity index (χ3v) is 15.0. The molecule has 7 N–H and O–H groups in total. The maximum Gasteiger partial charge on any atom is 0.306 e. The van der Waals surface area contributed by atoms with E-state index in [1.54, 1.807) is 0 Å². The number of rotatable bonds is 52. The van der Waals surface area contributed by atoms with E-state index in [0.717, 1.165) is 83.5 Å². The monoisotopic (exact) mass is 1120 g/mol. The number of carbonyl (C=O) groups is 1. The van der Waals surface area contributed by atoms with Gasteiger partial charge in [0, 0.05) is 13.0 Å². The second-order valence-electron chi connectivity index (χ2n) is 22.2. The number of aliphatic hydroxyl groups is 7. The summed E-state index contributed by atoms with van der Waals surface area (Å²) in [5, 5.41) is 72.5. The molecule has 0 aromatic rings. The van der Waals surface area contributed by atoms with Gasteiger partial charge in [-0.15, -0.1) is 0 Å². The fourth-order valence-electron chi connectivity index (χ4n) is 9.96. The summed E-state index contributed by atoms with van der Waals surface area (Å²) in [6.45, 7) is 3.55. The van der Waals surface area contributed by atoms with Crippen molar-refractivity contribution in [2.24, 2.45) is 0 Å². The van der Waals surface area contributed by atoms with Crippen LogP contribution in [0.4, 0.5) is 0 Å². The van der Waals surface area contributed by atoms with Gasteiger partial charge in [-0.05, 0) is 57.8 Å². The van der Waals surface area contributed by atoms with Gasteiger partial charge in [0.15, 0.2) is 12.6 Å². The van der Waals surface area contributed by atoms with Crippen LogP contribution in [0.25, 0.3) is 0 Å². The second-order valence-corrected chi connectivity index (χ2v) is 22.2. The normalized spacial score (nSPS) is 24.4. The maximum atomic E-state index is 13.1. The van der Waals surface area contributed by atoms with Crippen molar-refractivity contribution in [1.29, 1.82) is 0 Å². The summed E-state index contributed by atoms with van der Waals surface area (Å²) >= 11 is 0. The molecule has 460 valence electrons. The summed E-state index contributed by atoms with van der Waals surface area (Å²) in [6.07, 6.45) is 48.6. The van der Waals surface area contributed by atoms with E-state index in [1.807, 2.05) is 0 Å². The molecule has 2 aliphatic rings. The third-order valence-electron chi connectivity index (χ3n) is 15.0. The van der Waals surface area contributed by atoms with Crippen molar-refractivity contribution in [3.8, 4) is 0 Å². The summed E-state index contributed by atoms with van der Waals surface area (Å²) in [7, 11) is 0. The zero-order chi connectivity index (χ0) is 57.2. The number of unbranched alkanes of at least 4 members (excludes halogenated alkanes) is 28. The molecule has 2 fully saturated rings. The fraction of sp³-hybridized carbons (Fsp3) is 0.831. The molecule has 0 radical (unpaired) electrons. The average molecular weight is 1120 g/mol. The SMILES string of the molecule is CC/C=C\C/C=C\C/C=C\C/C=C\C/C=C\CCCCCCOCC(COC1OC(COC2OC(CO)C(O)C(O)C2O)C(O)C(O)C1O)OC(=O)CCCCCCCCCCCCCCCCCCCCCCCCCCC. The molecule has 14 heteroatoms. The maximum absolute atomic E-state index is 13.1. The van der Waals surface area contributed by atoms with E-state index in [0.29, 0.717) is 13.0 Å². The van der Waals surface area contributed by atoms with Crippen LogP contribution in [0.3, 0.4) is 0 Å². The first-order valence-corrected chi connectivity index (χ1v) is 31.9. The number of aliphatic hydroxyl groups excluding tert-OH is 7. The molecular formula is C65H116O14. The zero-order valence-corrected chi connectivity index (χ0v) is 49.6. The summed E-state index contributed by atoms with van der Waals surface area (Å²) in [4.78, 5) is 13.1. The van der Waals surface area contributed by atoms with Crippen LogP contribution in [-0.2, 0) is 33.2 Å². The van der Waals surface area contributed by atoms with E-state index in [4.69, 9.17) is 28.4 Å². The van der Waals surface area contributed by atoms with Gasteiger partial charge in [-0.25, -0.2) is 0 Å². The Kier molecular flexibility index (Phi) is 47.3. The summed E-state index contributed by atoms with van der Waals surface area (Å²) in [5.74, 6) is -0.382. The summed E-state index contributed by atoms with van der Waals surface area (Å²) in [5.41, 5.74) is 0. The minimum absolute atomic E-state index is 0.0445. The first kappa shape index (κ1) is 72.8. The lowest BCUT2D eigenvalue weighted by Gasteiger charge is -2.42. The largest absolute Gasteiger partial charge is 0.457 e. The van der Waals surface area contributed by atoms with Gasteiger partial charge in [-0.3, -0.25) is 4.79 Å². The lowest BCUT2D eigenvalue weighted by molar-refractivity contribution is -0.332. The topological polar surface area (TPSA) is 214 Å². The smallest absolute Gasteiger partial charge is 0.306 e. The first-order chi connectivity index (χ1) is 38.6. The second kappa shape index (κ2) is 51.3. The highest BCUT2D eigenvalue weighted by Gasteiger charge is 2.47. The molecule has 14 nitrogen and oxygen atoms in total. The number of carbonyl (C=O) groups excluding carboxylic acids is 1. The Labute approximate surface area is 479 Å². The molecule has 11 atom stereocenters. The van der Waals surface area contributed by atoms with E-state index in [-0.39, 0.29) is 25.6 Å². The molecular weight excluding hydrogens is 1000 g/mol. The van der Waals surface area contributed by atoms with Gasteiger partial charge < -0.3 is 64.2 Å². The van der Waals surface area contributed by atoms with Crippen molar-refractivity contribution in [3.63, 3.8) is 0 Å². The van der Waals surface area contributed by atoms with Crippen LogP contribution in [-0.4, -0.2) is 142 Å². The van der Waals surface area contributed by atoms with Crippen LogP contribution in [0.1, 0.15) is 245 Å². The molecule has 11 unspecified atom stereocenters. The van der Waals surface area contributed by atoms with Crippen LogP contribution in [0.5, 0.6) is 0 Å². The Morgan fingerprint density at radius 1 is 0.430 bits per heavy atom. The first-order valence-electron chi connectivity index (χ1n) is 31.9. The van der Waals surface area contributed by atoms with Crippen molar-refractivity contribution >= 4 is 5.97 Å². The van der Waals surface area contributed by atoms with Gasteiger partial charge in [-0.2, -0.15) is 0 Å². The van der Waals surface area contributed by atoms with Crippen LogP contribution in [0, 0.1) is 0 Å². The van der Waals surface area contributed by atoms with Crippen molar-refractivity contribution < 1.29 is 69.0 Å². The molecule has 0 aromatic carbocycles. The third kappa shape index (κ3) is 37.5. The zero-order valence-electron chi connectivity index (χ0n) is 49.6. The quantitative estimate of drug-likeness (QED) is 0.0172. The minimum Gasteiger partial charge on any atom is -0.457 e. The number of allylic oxidation sites excluding steroid dienone is 10. The number of hydrogen-bond donors (Lipinski definition) is 7. The van der Waals surface area contributed by atoms with E-state index in [2.05, 4.69) is 74.6 Å². The Morgan fingerprint density at radius 2 is 0.823 bits per heavy atom. The molecule has 2 saturated heterocycles.